The predicted octanol–water partition coefficient (Wildman–Crippen LogP) is 4.54. The molecule has 0 unspecified atom stereocenters. The van der Waals surface area contributed by atoms with Crippen molar-refractivity contribution in [2.75, 3.05) is 9.80 Å². The summed E-state index contributed by atoms with van der Waals surface area (Å²) in [5, 5.41) is 0. The van der Waals surface area contributed by atoms with Gasteiger partial charge in [0.05, 0.1) is 0 Å². The van der Waals surface area contributed by atoms with Crippen LogP contribution in [0.15, 0.2) is 68.5 Å². The molecule has 0 aromatic heterocycles. The van der Waals surface area contributed by atoms with Gasteiger partial charge in [-0.05, 0) is 99.6 Å². The SMILES string of the molecule is Cl.Cl.NC1=NC2(CCCCC2)N(c2ccc(CCc3ccc(N4C(N)=NC(N)=NC45CCCCC5)cc3)cc2)C(N)=N1. The molecule has 2 heterocycles. The van der Waals surface area contributed by atoms with Crippen LogP contribution in [0, 0.1) is 0 Å². The van der Waals surface area contributed by atoms with Gasteiger partial charge in [-0.1, -0.05) is 37.1 Å². The predicted molar refractivity (Wildman–Crippen MR) is 178 cm³/mol. The third-order valence-electron chi connectivity index (χ3n) is 8.79. The van der Waals surface area contributed by atoms with Crippen LogP contribution in [0.3, 0.4) is 0 Å². The molecule has 2 aliphatic carbocycles. The molecule has 0 atom stereocenters. The fourth-order valence-electron chi connectivity index (χ4n) is 6.90. The van der Waals surface area contributed by atoms with Gasteiger partial charge in [0.15, 0.2) is 0 Å². The molecule has 10 nitrogen and oxygen atoms in total. The summed E-state index contributed by atoms with van der Waals surface area (Å²) in [6.07, 6.45) is 12.4. The largest absolute Gasteiger partial charge is 0.369 e. The molecule has 6 rings (SSSR count). The number of anilines is 2. The highest BCUT2D eigenvalue weighted by molar-refractivity contribution is 6.06. The monoisotopic (exact) mass is 612 g/mol. The molecule has 0 amide bonds. The van der Waals surface area contributed by atoms with Gasteiger partial charge in [-0.2, -0.15) is 9.98 Å². The number of nitrogens with two attached hydrogens (primary N) is 4. The van der Waals surface area contributed by atoms with Crippen LogP contribution in [0.5, 0.6) is 0 Å². The number of halogens is 2. The number of hydrogen-bond acceptors (Lipinski definition) is 10. The van der Waals surface area contributed by atoms with Gasteiger partial charge in [0.1, 0.15) is 11.3 Å². The molecule has 2 spiro atoms. The number of guanidine groups is 4. The topological polar surface area (TPSA) is 160 Å². The first-order valence-corrected chi connectivity index (χ1v) is 14.5. The van der Waals surface area contributed by atoms with E-state index < -0.39 is 11.3 Å². The highest BCUT2D eigenvalue weighted by Gasteiger charge is 2.43. The molecule has 0 bridgehead atoms. The summed E-state index contributed by atoms with van der Waals surface area (Å²) < 4.78 is 0. The van der Waals surface area contributed by atoms with E-state index in [1.165, 1.54) is 24.0 Å². The minimum atomic E-state index is -0.423. The molecule has 0 saturated heterocycles. The van der Waals surface area contributed by atoms with Gasteiger partial charge in [0, 0.05) is 11.4 Å². The van der Waals surface area contributed by atoms with Gasteiger partial charge < -0.3 is 22.9 Å². The summed E-state index contributed by atoms with van der Waals surface area (Å²) >= 11 is 0. The van der Waals surface area contributed by atoms with E-state index in [1.807, 2.05) is 0 Å². The highest BCUT2D eigenvalue weighted by Crippen LogP contribution is 2.41. The van der Waals surface area contributed by atoms with Crippen LogP contribution < -0.4 is 32.7 Å². The Bertz CT molecular complexity index is 1250. The zero-order valence-corrected chi connectivity index (χ0v) is 25.5. The lowest BCUT2D eigenvalue weighted by Gasteiger charge is -2.45. The lowest BCUT2D eigenvalue weighted by Crippen LogP contribution is -2.58. The Labute approximate surface area is 260 Å². The molecule has 0 radical (unpaired) electrons. The van der Waals surface area contributed by atoms with Gasteiger partial charge in [0.25, 0.3) is 0 Å². The van der Waals surface area contributed by atoms with Crippen molar-refractivity contribution in [3.8, 4) is 0 Å². The Morgan fingerprint density at radius 2 is 0.857 bits per heavy atom. The first kappa shape index (κ1) is 31.4. The second-order valence-electron chi connectivity index (χ2n) is 11.5. The Balaban J connectivity index is 0.00000202. The van der Waals surface area contributed by atoms with E-state index in [0.29, 0.717) is 11.9 Å². The van der Waals surface area contributed by atoms with Crippen LogP contribution in [0.25, 0.3) is 0 Å². The summed E-state index contributed by atoms with van der Waals surface area (Å²) in [5.41, 5.74) is 28.5. The minimum absolute atomic E-state index is 0. The summed E-state index contributed by atoms with van der Waals surface area (Å²) in [6, 6.07) is 17.2. The van der Waals surface area contributed by atoms with Gasteiger partial charge >= 0.3 is 0 Å². The number of benzene rings is 2. The van der Waals surface area contributed by atoms with Crippen molar-refractivity contribution < 1.29 is 0 Å². The molecule has 2 fully saturated rings. The highest BCUT2D eigenvalue weighted by atomic mass is 35.5. The van der Waals surface area contributed by atoms with Crippen molar-refractivity contribution in [2.24, 2.45) is 42.9 Å². The lowest BCUT2D eigenvalue weighted by molar-refractivity contribution is 0.305. The van der Waals surface area contributed by atoms with Crippen molar-refractivity contribution in [3.05, 3.63) is 59.7 Å². The van der Waals surface area contributed by atoms with Crippen LogP contribution in [-0.4, -0.2) is 35.2 Å². The van der Waals surface area contributed by atoms with Gasteiger partial charge in [-0.15, -0.1) is 24.8 Å². The number of aryl methyl sites for hydroxylation is 2. The van der Waals surface area contributed by atoms with Crippen molar-refractivity contribution in [2.45, 2.75) is 88.4 Å². The first-order chi connectivity index (χ1) is 19.4. The fourth-order valence-corrected chi connectivity index (χ4v) is 6.90. The fraction of sp³-hybridized carbons (Fsp3) is 0.467. The number of aliphatic imine (C=N–C) groups is 4. The standard InChI is InChI=1S/C30H40N10.2ClH/c31-25-35-27(33)39(29(37-25)17-3-1-4-18-29)23-13-9-21(10-14-23)7-8-22-11-15-24(16-12-22)40-28(34)36-26(32)38-30(40)19-5-2-6-20-30;;/h9-16H,1-8,17-20H2,(H4,31,33,35,37)(H4,32,34,36,38);2*1H. The van der Waals surface area contributed by atoms with Crippen molar-refractivity contribution >= 4 is 60.0 Å². The normalized spacial score (nSPS) is 21.0. The van der Waals surface area contributed by atoms with Crippen molar-refractivity contribution in [1.82, 2.24) is 0 Å². The average molecular weight is 614 g/mol. The minimum Gasteiger partial charge on any atom is -0.369 e. The van der Waals surface area contributed by atoms with E-state index >= 15 is 0 Å². The summed E-state index contributed by atoms with van der Waals surface area (Å²) in [6.45, 7) is 0. The lowest BCUT2D eigenvalue weighted by atomic mass is 9.87. The Morgan fingerprint density at radius 3 is 1.19 bits per heavy atom. The maximum Gasteiger partial charge on any atom is 0.220 e. The molecule has 226 valence electrons. The quantitative estimate of drug-likeness (QED) is 0.388. The van der Waals surface area contributed by atoms with Gasteiger partial charge in [-0.25, -0.2) is 9.98 Å². The van der Waals surface area contributed by atoms with Crippen LogP contribution in [0.1, 0.15) is 75.3 Å². The second-order valence-corrected chi connectivity index (χ2v) is 11.5. The van der Waals surface area contributed by atoms with Crippen molar-refractivity contribution in [1.29, 1.82) is 0 Å². The molecule has 4 aliphatic rings. The molecule has 2 aromatic carbocycles. The first-order valence-electron chi connectivity index (χ1n) is 14.5. The van der Waals surface area contributed by atoms with Crippen LogP contribution in [-0.2, 0) is 12.8 Å². The average Bonchev–Trinajstić information content (AvgIpc) is 2.93. The van der Waals surface area contributed by atoms with Gasteiger partial charge in [-0.3, -0.25) is 9.80 Å². The summed E-state index contributed by atoms with van der Waals surface area (Å²) in [7, 11) is 0. The zero-order chi connectivity index (χ0) is 27.7. The van der Waals surface area contributed by atoms with Crippen LogP contribution >= 0.6 is 24.8 Å². The molecular formula is C30H42Cl2N10. The molecule has 2 aromatic rings. The molecule has 12 heteroatoms. The van der Waals surface area contributed by atoms with E-state index in [2.05, 4.69) is 68.3 Å². The van der Waals surface area contributed by atoms with E-state index in [0.717, 1.165) is 75.6 Å². The number of hydrogen-bond donors (Lipinski definition) is 4. The Morgan fingerprint density at radius 1 is 0.524 bits per heavy atom. The third kappa shape index (κ3) is 6.01. The smallest absolute Gasteiger partial charge is 0.220 e. The van der Waals surface area contributed by atoms with Crippen LogP contribution in [0.2, 0.25) is 0 Å². The van der Waals surface area contributed by atoms with Crippen molar-refractivity contribution in [3.63, 3.8) is 0 Å². The van der Waals surface area contributed by atoms with Gasteiger partial charge in [0.2, 0.25) is 23.8 Å². The molecular weight excluding hydrogens is 571 g/mol. The zero-order valence-electron chi connectivity index (χ0n) is 23.9. The molecule has 2 aliphatic heterocycles. The number of rotatable bonds is 5. The van der Waals surface area contributed by atoms with E-state index in [-0.39, 0.29) is 36.7 Å². The maximum absolute atomic E-state index is 6.39. The molecule has 8 N–H and O–H groups in total. The summed E-state index contributed by atoms with van der Waals surface area (Å²) in [5.74, 6) is 1.40. The van der Waals surface area contributed by atoms with E-state index in [9.17, 15) is 0 Å². The van der Waals surface area contributed by atoms with E-state index in [4.69, 9.17) is 32.9 Å². The van der Waals surface area contributed by atoms with Crippen LogP contribution in [0.4, 0.5) is 11.4 Å². The second kappa shape index (κ2) is 12.8. The molecule has 42 heavy (non-hydrogen) atoms. The summed E-state index contributed by atoms with van der Waals surface area (Å²) in [4.78, 5) is 22.3. The Hall–Kier alpha value is -3.50. The molecule has 2 saturated carbocycles. The number of nitrogens with zero attached hydrogens (tertiary/aromatic N) is 6. The maximum atomic E-state index is 6.39. The Kier molecular flexibility index (Phi) is 9.57. The third-order valence-corrected chi connectivity index (χ3v) is 8.79. The van der Waals surface area contributed by atoms with E-state index in [1.54, 1.807) is 0 Å².